The number of halogens is 6. The Morgan fingerprint density at radius 3 is 2.15 bits per heavy atom. The van der Waals surface area contributed by atoms with Crippen LogP contribution in [0.15, 0.2) is 12.4 Å². The third kappa shape index (κ3) is 3.87. The average molecular weight is 303 g/mol. The van der Waals surface area contributed by atoms with Gasteiger partial charge in [-0.15, -0.1) is 0 Å². The van der Waals surface area contributed by atoms with Crippen LogP contribution in [0.2, 0.25) is 0 Å². The molecule has 116 valence electrons. The van der Waals surface area contributed by atoms with Crippen molar-refractivity contribution in [1.29, 1.82) is 0 Å². The zero-order valence-corrected chi connectivity index (χ0v) is 10.9. The molecule has 0 aliphatic rings. The van der Waals surface area contributed by atoms with Crippen molar-refractivity contribution in [3.05, 3.63) is 18.2 Å². The van der Waals surface area contributed by atoms with Gasteiger partial charge in [-0.3, -0.25) is 0 Å². The van der Waals surface area contributed by atoms with Crippen molar-refractivity contribution >= 4 is 0 Å². The van der Waals surface area contributed by atoms with Gasteiger partial charge in [0.25, 0.3) is 0 Å². The van der Waals surface area contributed by atoms with Gasteiger partial charge in [0.05, 0.1) is 0 Å². The van der Waals surface area contributed by atoms with E-state index >= 15 is 0 Å². The van der Waals surface area contributed by atoms with E-state index in [1.165, 1.54) is 17.0 Å². The molecule has 1 heterocycles. The van der Waals surface area contributed by atoms with Crippen molar-refractivity contribution in [2.75, 3.05) is 7.05 Å². The molecule has 1 aromatic rings. The summed E-state index contributed by atoms with van der Waals surface area (Å²) in [6, 6.07) is -1.82. The summed E-state index contributed by atoms with van der Waals surface area (Å²) in [6.45, 7) is 2.15. The van der Waals surface area contributed by atoms with Crippen molar-refractivity contribution in [3.63, 3.8) is 0 Å². The molecule has 1 atom stereocenters. The topological polar surface area (TPSA) is 29.9 Å². The lowest BCUT2D eigenvalue weighted by molar-refractivity contribution is -0.291. The Morgan fingerprint density at radius 1 is 1.20 bits per heavy atom. The maximum absolute atomic E-state index is 12.7. The lowest BCUT2D eigenvalue weighted by Gasteiger charge is -2.30. The standard InChI is InChI=1S/C11H15F6N3/c1-3-20-5-4-19-8(20)6-7(18-2)9(10(12,13)14)11(15,16)17/h4-5,7,9,18H,3,6H2,1-2H3. The smallest absolute Gasteiger partial charge is 0.335 e. The summed E-state index contributed by atoms with van der Waals surface area (Å²) in [6.07, 6.45) is -8.33. The number of hydrogen-bond acceptors (Lipinski definition) is 2. The Labute approximate surface area is 112 Å². The van der Waals surface area contributed by atoms with Crippen LogP contribution in [0.4, 0.5) is 26.3 Å². The van der Waals surface area contributed by atoms with Crippen LogP contribution in [-0.2, 0) is 13.0 Å². The number of nitrogens with one attached hydrogen (secondary N) is 1. The predicted octanol–water partition coefficient (Wildman–Crippen LogP) is 2.77. The minimum atomic E-state index is -5.37. The Hall–Kier alpha value is -1.25. The molecular weight excluding hydrogens is 288 g/mol. The molecule has 0 aliphatic heterocycles. The Bertz CT molecular complexity index is 409. The Morgan fingerprint density at radius 2 is 1.75 bits per heavy atom. The first kappa shape index (κ1) is 16.8. The number of imidazole rings is 1. The molecule has 0 spiro atoms. The molecule has 1 unspecified atom stereocenters. The second-order valence-corrected chi connectivity index (χ2v) is 4.29. The molecule has 0 bridgehead atoms. The van der Waals surface area contributed by atoms with E-state index in [9.17, 15) is 26.3 Å². The molecule has 1 aromatic heterocycles. The number of alkyl halides is 6. The lowest BCUT2D eigenvalue weighted by atomic mass is 9.95. The summed E-state index contributed by atoms with van der Waals surface area (Å²) in [4.78, 5) is 3.81. The fourth-order valence-electron chi connectivity index (χ4n) is 2.04. The van der Waals surface area contributed by atoms with Crippen LogP contribution < -0.4 is 5.32 Å². The first-order chi connectivity index (χ1) is 9.11. The lowest BCUT2D eigenvalue weighted by Crippen LogP contribution is -2.51. The van der Waals surface area contributed by atoms with Crippen LogP contribution in [0.5, 0.6) is 0 Å². The van der Waals surface area contributed by atoms with Gasteiger partial charge in [0.2, 0.25) is 0 Å². The fraction of sp³-hybridized carbons (Fsp3) is 0.727. The number of rotatable bonds is 5. The minimum absolute atomic E-state index is 0.186. The average Bonchev–Trinajstić information content (AvgIpc) is 2.71. The number of nitrogens with zero attached hydrogens (tertiary/aromatic N) is 2. The molecule has 20 heavy (non-hydrogen) atoms. The summed E-state index contributed by atoms with van der Waals surface area (Å²) < 4.78 is 77.6. The van der Waals surface area contributed by atoms with Crippen molar-refractivity contribution in [2.45, 2.75) is 38.3 Å². The number of aryl methyl sites for hydroxylation is 1. The normalized spacial score (nSPS) is 14.8. The number of aromatic nitrogens is 2. The van der Waals surface area contributed by atoms with Crippen LogP contribution in [0.25, 0.3) is 0 Å². The van der Waals surface area contributed by atoms with E-state index in [-0.39, 0.29) is 5.82 Å². The van der Waals surface area contributed by atoms with Crippen molar-refractivity contribution in [2.24, 2.45) is 5.92 Å². The summed E-state index contributed by atoms with van der Waals surface area (Å²) in [5.41, 5.74) is 0. The monoisotopic (exact) mass is 303 g/mol. The van der Waals surface area contributed by atoms with Crippen LogP contribution in [0.1, 0.15) is 12.7 Å². The molecule has 0 aromatic carbocycles. The second-order valence-electron chi connectivity index (χ2n) is 4.29. The highest BCUT2D eigenvalue weighted by atomic mass is 19.4. The van der Waals surface area contributed by atoms with Gasteiger partial charge in [-0.05, 0) is 14.0 Å². The molecule has 1 N–H and O–H groups in total. The summed E-state index contributed by atoms with van der Waals surface area (Å²) in [5, 5.41) is 2.11. The molecular formula is C11H15F6N3. The van der Waals surface area contributed by atoms with Crippen molar-refractivity contribution < 1.29 is 26.3 Å². The molecule has 0 radical (unpaired) electrons. The molecule has 0 aliphatic carbocycles. The molecule has 0 fully saturated rings. The third-order valence-corrected chi connectivity index (χ3v) is 3.02. The summed E-state index contributed by atoms with van der Waals surface area (Å²) >= 11 is 0. The van der Waals surface area contributed by atoms with E-state index < -0.39 is 30.7 Å². The van der Waals surface area contributed by atoms with Crippen LogP contribution >= 0.6 is 0 Å². The minimum Gasteiger partial charge on any atom is -0.335 e. The summed E-state index contributed by atoms with van der Waals surface area (Å²) in [7, 11) is 1.08. The second kappa shape index (κ2) is 6.02. The number of likely N-dealkylation sites (N-methyl/N-ethyl adjacent to an activating group) is 1. The van der Waals surface area contributed by atoms with Gasteiger partial charge in [-0.25, -0.2) is 4.98 Å². The maximum atomic E-state index is 12.7. The van der Waals surface area contributed by atoms with Gasteiger partial charge < -0.3 is 9.88 Å². The molecule has 1 rings (SSSR count). The zero-order chi connectivity index (χ0) is 15.6. The van der Waals surface area contributed by atoms with Crippen LogP contribution in [0, 0.1) is 5.92 Å². The largest absolute Gasteiger partial charge is 0.402 e. The Kier molecular flexibility index (Phi) is 5.06. The van der Waals surface area contributed by atoms with Gasteiger partial charge in [-0.2, -0.15) is 26.3 Å². The van der Waals surface area contributed by atoms with Gasteiger partial charge in [0.15, 0.2) is 5.92 Å². The van der Waals surface area contributed by atoms with Crippen molar-refractivity contribution in [1.82, 2.24) is 14.9 Å². The molecule has 0 saturated heterocycles. The molecule has 9 heteroatoms. The van der Waals surface area contributed by atoms with Gasteiger partial charge in [0, 0.05) is 31.4 Å². The van der Waals surface area contributed by atoms with E-state index in [0.29, 0.717) is 6.54 Å². The molecule has 0 amide bonds. The highest BCUT2D eigenvalue weighted by Crippen LogP contribution is 2.41. The third-order valence-electron chi connectivity index (χ3n) is 3.02. The highest BCUT2D eigenvalue weighted by Gasteiger charge is 2.59. The molecule has 3 nitrogen and oxygen atoms in total. The van der Waals surface area contributed by atoms with Gasteiger partial charge in [-0.1, -0.05) is 0 Å². The van der Waals surface area contributed by atoms with E-state index in [2.05, 4.69) is 10.3 Å². The van der Waals surface area contributed by atoms with E-state index in [1.54, 1.807) is 6.92 Å². The Balaban J connectivity index is 3.03. The first-order valence-electron chi connectivity index (χ1n) is 5.92. The van der Waals surface area contributed by atoms with Crippen LogP contribution in [-0.4, -0.2) is 35.0 Å². The fourth-order valence-corrected chi connectivity index (χ4v) is 2.04. The van der Waals surface area contributed by atoms with E-state index in [4.69, 9.17) is 0 Å². The maximum Gasteiger partial charge on any atom is 0.402 e. The van der Waals surface area contributed by atoms with E-state index in [0.717, 1.165) is 7.05 Å². The zero-order valence-electron chi connectivity index (χ0n) is 10.9. The number of hydrogen-bond donors (Lipinski definition) is 1. The van der Waals surface area contributed by atoms with Gasteiger partial charge in [0.1, 0.15) is 5.82 Å². The van der Waals surface area contributed by atoms with Crippen LogP contribution in [0.3, 0.4) is 0 Å². The van der Waals surface area contributed by atoms with E-state index in [1.807, 2.05) is 0 Å². The van der Waals surface area contributed by atoms with Gasteiger partial charge >= 0.3 is 12.4 Å². The predicted molar refractivity (Wildman–Crippen MR) is 60.1 cm³/mol. The quantitative estimate of drug-likeness (QED) is 0.848. The first-order valence-corrected chi connectivity index (χ1v) is 5.92. The highest BCUT2D eigenvalue weighted by molar-refractivity contribution is 4.99. The summed E-state index contributed by atoms with van der Waals surface area (Å²) in [5.74, 6) is -3.24. The van der Waals surface area contributed by atoms with Crippen molar-refractivity contribution in [3.8, 4) is 0 Å². The molecule has 0 saturated carbocycles. The SMILES string of the molecule is CCn1ccnc1CC(NC)C(C(F)(F)F)C(F)(F)F.